The van der Waals surface area contributed by atoms with Crippen molar-refractivity contribution in [2.75, 3.05) is 13.7 Å². The summed E-state index contributed by atoms with van der Waals surface area (Å²) in [5.74, 6) is -0.377. The number of rotatable bonds is 6. The van der Waals surface area contributed by atoms with Gasteiger partial charge in [0, 0.05) is 13.1 Å². The second-order valence-corrected chi connectivity index (χ2v) is 4.69. The van der Waals surface area contributed by atoms with Crippen LogP contribution < -0.4 is 10.1 Å². The van der Waals surface area contributed by atoms with E-state index in [1.54, 1.807) is 14.0 Å². The van der Waals surface area contributed by atoms with Gasteiger partial charge < -0.3 is 15.2 Å². The van der Waals surface area contributed by atoms with E-state index in [4.69, 9.17) is 9.84 Å². The van der Waals surface area contributed by atoms with Crippen LogP contribution in [0.25, 0.3) is 0 Å². The molecular weight excluding hydrogens is 286 g/mol. The van der Waals surface area contributed by atoms with Crippen molar-refractivity contribution in [2.45, 2.75) is 13.5 Å². The molecule has 0 aromatic heterocycles. The fourth-order valence-corrected chi connectivity index (χ4v) is 1.93. The lowest BCUT2D eigenvalue weighted by molar-refractivity contribution is -0.140. The lowest BCUT2D eigenvalue weighted by atomic mass is 10.1. The first-order valence-electron chi connectivity index (χ1n) is 5.30. The predicted octanol–water partition coefficient (Wildman–Crippen LogP) is 2.27. The van der Waals surface area contributed by atoms with Crippen molar-refractivity contribution in [3.05, 3.63) is 28.2 Å². The predicted molar refractivity (Wildman–Crippen MR) is 69.2 cm³/mol. The van der Waals surface area contributed by atoms with E-state index < -0.39 is 5.97 Å². The molecule has 5 heteroatoms. The van der Waals surface area contributed by atoms with E-state index in [1.165, 1.54) is 0 Å². The minimum Gasteiger partial charge on any atom is -0.496 e. The molecule has 2 N–H and O–H groups in total. The minimum atomic E-state index is -0.784. The Balaban J connectivity index is 2.47. The van der Waals surface area contributed by atoms with Crippen LogP contribution in [-0.2, 0) is 11.3 Å². The smallest absolute Gasteiger partial charge is 0.307 e. The fraction of sp³-hybridized carbons (Fsp3) is 0.417. The number of hydrogen-bond acceptors (Lipinski definition) is 3. The monoisotopic (exact) mass is 301 g/mol. The zero-order chi connectivity index (χ0) is 12.8. The molecular formula is C12H16BrNO3. The number of halogens is 1. The number of ether oxygens (including phenoxy) is 1. The van der Waals surface area contributed by atoms with Gasteiger partial charge in [-0.25, -0.2) is 0 Å². The van der Waals surface area contributed by atoms with Crippen LogP contribution in [0.3, 0.4) is 0 Å². The first-order chi connectivity index (χ1) is 8.04. The number of nitrogens with one attached hydrogen (secondary N) is 1. The van der Waals surface area contributed by atoms with Gasteiger partial charge in [-0.05, 0) is 33.6 Å². The zero-order valence-corrected chi connectivity index (χ0v) is 11.5. The summed E-state index contributed by atoms with van der Waals surface area (Å²) in [6, 6.07) is 5.78. The molecule has 4 nitrogen and oxygen atoms in total. The van der Waals surface area contributed by atoms with Crippen molar-refractivity contribution in [3.8, 4) is 5.75 Å². The van der Waals surface area contributed by atoms with E-state index >= 15 is 0 Å². The lowest BCUT2D eigenvalue weighted by Crippen LogP contribution is -2.25. The van der Waals surface area contributed by atoms with Gasteiger partial charge >= 0.3 is 5.97 Å². The molecule has 0 radical (unpaired) electrons. The third kappa shape index (κ3) is 4.36. The zero-order valence-electron chi connectivity index (χ0n) is 9.87. The largest absolute Gasteiger partial charge is 0.496 e. The number of aliphatic carboxylic acids is 1. The molecule has 1 aromatic rings. The van der Waals surface area contributed by atoms with E-state index in [-0.39, 0.29) is 5.92 Å². The average Bonchev–Trinajstić information content (AvgIpc) is 2.29. The molecule has 0 heterocycles. The van der Waals surface area contributed by atoms with E-state index in [1.807, 2.05) is 18.2 Å². The van der Waals surface area contributed by atoms with Crippen LogP contribution in [0.1, 0.15) is 12.5 Å². The third-order valence-corrected chi connectivity index (χ3v) is 3.04. The summed E-state index contributed by atoms with van der Waals surface area (Å²) >= 11 is 3.40. The molecule has 0 spiro atoms. The van der Waals surface area contributed by atoms with Gasteiger partial charge in [-0.15, -0.1) is 0 Å². The molecule has 0 saturated heterocycles. The normalized spacial score (nSPS) is 12.2. The quantitative estimate of drug-likeness (QED) is 0.846. The van der Waals surface area contributed by atoms with Crippen LogP contribution in [-0.4, -0.2) is 24.7 Å². The van der Waals surface area contributed by atoms with Gasteiger partial charge in [0.2, 0.25) is 0 Å². The molecule has 0 amide bonds. The summed E-state index contributed by atoms with van der Waals surface area (Å²) in [6.07, 6.45) is 0. The topological polar surface area (TPSA) is 58.6 Å². The second-order valence-electron chi connectivity index (χ2n) is 3.84. The number of hydrogen-bond donors (Lipinski definition) is 2. The van der Waals surface area contributed by atoms with Gasteiger partial charge in [0.15, 0.2) is 0 Å². The Morgan fingerprint density at radius 1 is 1.59 bits per heavy atom. The Hall–Kier alpha value is -1.07. The van der Waals surface area contributed by atoms with E-state index in [9.17, 15) is 4.79 Å². The van der Waals surface area contributed by atoms with Gasteiger partial charge in [0.25, 0.3) is 0 Å². The number of benzene rings is 1. The van der Waals surface area contributed by atoms with E-state index in [0.717, 1.165) is 15.8 Å². The lowest BCUT2D eigenvalue weighted by Gasteiger charge is -2.09. The van der Waals surface area contributed by atoms with Crippen molar-refractivity contribution in [3.63, 3.8) is 0 Å². The van der Waals surface area contributed by atoms with Crippen molar-refractivity contribution >= 4 is 21.9 Å². The summed E-state index contributed by atoms with van der Waals surface area (Å²) < 4.78 is 6.02. The SMILES string of the molecule is COc1ccc(CNCC(C)C(=O)O)cc1Br. The van der Waals surface area contributed by atoms with Crippen molar-refractivity contribution in [1.29, 1.82) is 0 Å². The Morgan fingerprint density at radius 3 is 2.82 bits per heavy atom. The molecule has 1 aromatic carbocycles. The van der Waals surface area contributed by atoms with Crippen LogP contribution >= 0.6 is 15.9 Å². The van der Waals surface area contributed by atoms with Crippen molar-refractivity contribution in [1.82, 2.24) is 5.32 Å². The molecule has 0 aliphatic rings. The molecule has 17 heavy (non-hydrogen) atoms. The molecule has 1 atom stereocenters. The van der Waals surface area contributed by atoms with Gasteiger partial charge in [-0.2, -0.15) is 0 Å². The maximum atomic E-state index is 10.6. The van der Waals surface area contributed by atoms with Crippen molar-refractivity contribution in [2.24, 2.45) is 5.92 Å². The molecule has 0 aliphatic carbocycles. The van der Waals surface area contributed by atoms with Gasteiger partial charge in [-0.3, -0.25) is 4.79 Å². The number of methoxy groups -OCH3 is 1. The maximum absolute atomic E-state index is 10.6. The van der Waals surface area contributed by atoms with Crippen LogP contribution in [0, 0.1) is 5.92 Å². The van der Waals surface area contributed by atoms with Crippen LogP contribution in [0.2, 0.25) is 0 Å². The highest BCUT2D eigenvalue weighted by molar-refractivity contribution is 9.10. The van der Waals surface area contributed by atoms with Gasteiger partial charge in [0.1, 0.15) is 5.75 Å². The molecule has 94 valence electrons. The summed E-state index contributed by atoms with van der Waals surface area (Å²) in [5, 5.41) is 11.8. The molecule has 1 rings (SSSR count). The highest BCUT2D eigenvalue weighted by Gasteiger charge is 2.09. The molecule has 0 saturated carbocycles. The van der Waals surface area contributed by atoms with E-state index in [0.29, 0.717) is 13.1 Å². The maximum Gasteiger partial charge on any atom is 0.307 e. The number of carboxylic acid groups (broad SMARTS) is 1. The highest BCUT2D eigenvalue weighted by Crippen LogP contribution is 2.25. The Labute approximate surface area is 109 Å². The number of carboxylic acids is 1. The van der Waals surface area contributed by atoms with Crippen molar-refractivity contribution < 1.29 is 14.6 Å². The molecule has 0 fully saturated rings. The third-order valence-electron chi connectivity index (χ3n) is 2.42. The molecule has 0 bridgehead atoms. The summed E-state index contributed by atoms with van der Waals surface area (Å²) in [6.45, 7) is 2.78. The van der Waals surface area contributed by atoms with Gasteiger partial charge in [-0.1, -0.05) is 13.0 Å². The minimum absolute atomic E-state index is 0.378. The van der Waals surface area contributed by atoms with Gasteiger partial charge in [0.05, 0.1) is 17.5 Å². The summed E-state index contributed by atoms with van der Waals surface area (Å²) in [5.41, 5.74) is 1.08. The van der Waals surface area contributed by atoms with Crippen LogP contribution in [0.4, 0.5) is 0 Å². The van der Waals surface area contributed by atoms with E-state index in [2.05, 4.69) is 21.2 Å². The molecule has 0 aliphatic heterocycles. The second kappa shape index (κ2) is 6.61. The highest BCUT2D eigenvalue weighted by atomic mass is 79.9. The average molecular weight is 302 g/mol. The first kappa shape index (κ1) is 14.0. The fourth-order valence-electron chi connectivity index (χ4n) is 1.34. The Bertz CT molecular complexity index is 395. The standard InChI is InChI=1S/C12H16BrNO3/c1-8(12(15)16)6-14-7-9-3-4-11(17-2)10(13)5-9/h3-5,8,14H,6-7H2,1-2H3,(H,15,16). The first-order valence-corrected chi connectivity index (χ1v) is 6.10. The summed E-state index contributed by atoms with van der Waals surface area (Å²) in [7, 11) is 1.62. The Morgan fingerprint density at radius 2 is 2.29 bits per heavy atom. The summed E-state index contributed by atoms with van der Waals surface area (Å²) in [4.78, 5) is 10.6. The van der Waals surface area contributed by atoms with Crippen LogP contribution in [0.15, 0.2) is 22.7 Å². The Kier molecular flexibility index (Phi) is 5.44. The number of carbonyl (C=O) groups is 1. The molecule has 1 unspecified atom stereocenters. The van der Waals surface area contributed by atoms with Crippen LogP contribution in [0.5, 0.6) is 5.75 Å².